The largest absolute Gasteiger partial charge is 0.487 e. The molecule has 28 heavy (non-hydrogen) atoms. The van der Waals surface area contributed by atoms with Crippen LogP contribution in [-0.2, 0) is 11.3 Å². The van der Waals surface area contributed by atoms with Crippen LogP contribution < -0.4 is 10.1 Å². The first-order chi connectivity index (χ1) is 13.6. The van der Waals surface area contributed by atoms with E-state index < -0.39 is 0 Å². The highest BCUT2D eigenvalue weighted by Gasteiger charge is 2.28. The van der Waals surface area contributed by atoms with E-state index in [-0.39, 0.29) is 18.8 Å². The summed E-state index contributed by atoms with van der Waals surface area (Å²) in [6, 6.07) is 17.7. The van der Waals surface area contributed by atoms with Gasteiger partial charge in [-0.05, 0) is 17.7 Å². The van der Waals surface area contributed by atoms with Crippen LogP contribution in [0.5, 0.6) is 5.75 Å². The number of nitrogens with one attached hydrogen (secondary N) is 1. The molecule has 1 aromatic heterocycles. The summed E-state index contributed by atoms with van der Waals surface area (Å²) in [5, 5.41) is 4.72. The Morgan fingerprint density at radius 1 is 1.25 bits per heavy atom. The Balaban J connectivity index is 1.55. The minimum absolute atomic E-state index is 0.260. The molecule has 0 aliphatic carbocycles. The summed E-state index contributed by atoms with van der Waals surface area (Å²) in [7, 11) is 1.70. The number of nitrogens with zero attached hydrogens (tertiary/aromatic N) is 2. The molecular formula is C21H20ClN3O3. The van der Waals surface area contributed by atoms with Gasteiger partial charge >= 0.3 is 6.09 Å². The average molecular weight is 398 g/mol. The van der Waals surface area contributed by atoms with E-state index in [1.54, 1.807) is 7.05 Å². The lowest BCUT2D eigenvalue weighted by Crippen LogP contribution is -2.23. The quantitative estimate of drug-likeness (QED) is 0.627. The van der Waals surface area contributed by atoms with Gasteiger partial charge in [-0.15, -0.1) is 0 Å². The van der Waals surface area contributed by atoms with Gasteiger partial charge in [0.1, 0.15) is 23.0 Å². The molecule has 1 saturated heterocycles. The van der Waals surface area contributed by atoms with Crippen molar-refractivity contribution in [3.8, 4) is 5.75 Å². The zero-order chi connectivity index (χ0) is 19.5. The van der Waals surface area contributed by atoms with Gasteiger partial charge in [-0.25, -0.2) is 9.78 Å². The summed E-state index contributed by atoms with van der Waals surface area (Å²) in [5.74, 6) is 0.605. The first kappa shape index (κ1) is 18.4. The van der Waals surface area contributed by atoms with Crippen molar-refractivity contribution in [2.45, 2.75) is 12.6 Å². The third-order valence-corrected chi connectivity index (χ3v) is 4.77. The molecule has 2 aromatic carbocycles. The zero-order valence-electron chi connectivity index (χ0n) is 15.4. The number of fused-ring (bicyclic) bond motifs is 1. The number of benzene rings is 2. The van der Waals surface area contributed by atoms with Crippen molar-refractivity contribution < 1.29 is 14.3 Å². The van der Waals surface area contributed by atoms with Gasteiger partial charge in [-0.2, -0.15) is 0 Å². The Kier molecular flexibility index (Phi) is 5.21. The first-order valence-electron chi connectivity index (χ1n) is 9.02. The van der Waals surface area contributed by atoms with E-state index >= 15 is 0 Å². The fourth-order valence-electron chi connectivity index (χ4n) is 3.17. The van der Waals surface area contributed by atoms with Crippen molar-refractivity contribution in [1.82, 2.24) is 9.88 Å². The van der Waals surface area contributed by atoms with Gasteiger partial charge in [0.15, 0.2) is 6.10 Å². The number of rotatable bonds is 6. The predicted molar refractivity (Wildman–Crippen MR) is 109 cm³/mol. The molecule has 6 nitrogen and oxygen atoms in total. The second kappa shape index (κ2) is 7.94. The smallest absolute Gasteiger partial charge is 0.410 e. The lowest BCUT2D eigenvalue weighted by atomic mass is 10.1. The minimum Gasteiger partial charge on any atom is -0.487 e. The number of halogens is 1. The molecule has 1 amide bonds. The van der Waals surface area contributed by atoms with E-state index in [2.05, 4.69) is 22.4 Å². The molecule has 1 aliphatic heterocycles. The van der Waals surface area contributed by atoms with Gasteiger partial charge in [0.05, 0.1) is 6.54 Å². The van der Waals surface area contributed by atoms with Crippen LogP contribution >= 0.6 is 11.6 Å². The van der Waals surface area contributed by atoms with Crippen LogP contribution in [0.1, 0.15) is 5.56 Å². The van der Waals surface area contributed by atoms with Gasteiger partial charge in [-0.3, -0.25) is 0 Å². The molecule has 1 aliphatic rings. The number of carbonyl (C=O) groups is 1. The second-order valence-corrected chi connectivity index (χ2v) is 7.07. The highest BCUT2D eigenvalue weighted by atomic mass is 35.5. The summed E-state index contributed by atoms with van der Waals surface area (Å²) < 4.78 is 11.2. The molecule has 3 aromatic rings. The molecule has 4 rings (SSSR count). The highest BCUT2D eigenvalue weighted by molar-refractivity contribution is 6.30. The highest BCUT2D eigenvalue weighted by Crippen LogP contribution is 2.32. The number of hydrogen-bond donors (Lipinski definition) is 1. The summed E-state index contributed by atoms with van der Waals surface area (Å²) in [5.41, 5.74) is 2.72. The summed E-state index contributed by atoms with van der Waals surface area (Å²) in [4.78, 5) is 17.5. The monoisotopic (exact) mass is 397 g/mol. The van der Waals surface area contributed by atoms with Gasteiger partial charge < -0.3 is 19.7 Å². The molecule has 0 spiro atoms. The third-order valence-electron chi connectivity index (χ3n) is 4.58. The minimum atomic E-state index is -0.333. The number of carbonyl (C=O) groups excluding carboxylic acids is 1. The number of pyridine rings is 1. The van der Waals surface area contributed by atoms with E-state index in [4.69, 9.17) is 21.1 Å². The summed E-state index contributed by atoms with van der Waals surface area (Å²) >= 11 is 6.26. The SMILES string of the molecule is CN1CC(COc2cccc3c(NCc4ccccc4)cc(Cl)nc23)OC1=O. The van der Waals surface area contributed by atoms with Gasteiger partial charge in [-0.1, -0.05) is 54.1 Å². The Bertz CT molecular complexity index is 997. The lowest BCUT2D eigenvalue weighted by Gasteiger charge is -2.15. The Labute approximate surface area is 168 Å². The van der Waals surface area contributed by atoms with Crippen LogP contribution in [0.3, 0.4) is 0 Å². The van der Waals surface area contributed by atoms with Crippen molar-refractivity contribution in [2.75, 3.05) is 25.5 Å². The molecule has 2 heterocycles. The van der Waals surface area contributed by atoms with Crippen molar-refractivity contribution in [3.05, 3.63) is 65.3 Å². The number of amides is 1. The van der Waals surface area contributed by atoms with Crippen molar-refractivity contribution >= 4 is 34.3 Å². The van der Waals surface area contributed by atoms with Crippen LogP contribution in [0.15, 0.2) is 54.6 Å². The van der Waals surface area contributed by atoms with E-state index in [1.807, 2.05) is 42.5 Å². The van der Waals surface area contributed by atoms with E-state index in [0.29, 0.717) is 29.5 Å². The Morgan fingerprint density at radius 2 is 2.07 bits per heavy atom. The Morgan fingerprint density at radius 3 is 2.82 bits per heavy atom. The molecule has 1 unspecified atom stereocenters. The van der Waals surface area contributed by atoms with Crippen LogP contribution in [0.25, 0.3) is 10.9 Å². The molecule has 144 valence electrons. The molecule has 1 atom stereocenters. The predicted octanol–water partition coefficient (Wildman–Crippen LogP) is 4.33. The molecule has 1 N–H and O–H groups in total. The number of ether oxygens (including phenoxy) is 2. The van der Waals surface area contributed by atoms with Gasteiger partial charge in [0.25, 0.3) is 0 Å². The number of aromatic nitrogens is 1. The lowest BCUT2D eigenvalue weighted by molar-refractivity contribution is 0.104. The standard InChI is InChI=1S/C21H20ClN3O3/c1-25-12-15(28-21(25)26)13-27-18-9-5-8-16-17(10-19(22)24-20(16)18)23-11-14-6-3-2-4-7-14/h2-10,15H,11-13H2,1H3,(H,23,24). The molecule has 0 saturated carbocycles. The summed E-state index contributed by atoms with van der Waals surface area (Å²) in [6.45, 7) is 1.43. The number of anilines is 1. The molecular weight excluding hydrogens is 378 g/mol. The fraction of sp³-hybridized carbons (Fsp3) is 0.238. The van der Waals surface area contributed by atoms with Gasteiger partial charge in [0, 0.05) is 24.7 Å². The van der Waals surface area contributed by atoms with E-state index in [0.717, 1.165) is 11.1 Å². The molecule has 7 heteroatoms. The normalized spacial score (nSPS) is 16.3. The number of cyclic esters (lactones) is 1. The van der Waals surface area contributed by atoms with Crippen LogP contribution in [0.4, 0.5) is 10.5 Å². The number of hydrogen-bond acceptors (Lipinski definition) is 5. The number of likely N-dealkylation sites (N-methyl/N-ethyl adjacent to an activating group) is 1. The Hall–Kier alpha value is -2.99. The maximum atomic E-state index is 11.5. The average Bonchev–Trinajstić information content (AvgIpc) is 3.03. The van der Waals surface area contributed by atoms with E-state index in [9.17, 15) is 4.79 Å². The van der Waals surface area contributed by atoms with Crippen molar-refractivity contribution in [3.63, 3.8) is 0 Å². The van der Waals surface area contributed by atoms with E-state index in [1.165, 1.54) is 10.5 Å². The van der Waals surface area contributed by atoms with Gasteiger partial charge in [0.2, 0.25) is 0 Å². The van der Waals surface area contributed by atoms with Crippen molar-refractivity contribution in [1.29, 1.82) is 0 Å². The topological polar surface area (TPSA) is 63.7 Å². The third kappa shape index (κ3) is 3.97. The number of para-hydroxylation sites is 1. The first-order valence-corrected chi connectivity index (χ1v) is 9.39. The maximum absolute atomic E-state index is 11.5. The van der Waals surface area contributed by atoms with Crippen molar-refractivity contribution in [2.24, 2.45) is 0 Å². The maximum Gasteiger partial charge on any atom is 0.410 e. The molecule has 0 radical (unpaired) electrons. The zero-order valence-corrected chi connectivity index (χ0v) is 16.1. The molecule has 0 bridgehead atoms. The summed E-state index contributed by atoms with van der Waals surface area (Å²) in [6.07, 6.45) is -0.636. The fourth-order valence-corrected chi connectivity index (χ4v) is 3.36. The van der Waals surface area contributed by atoms with Crippen LogP contribution in [-0.4, -0.2) is 42.3 Å². The second-order valence-electron chi connectivity index (χ2n) is 6.68. The van der Waals surface area contributed by atoms with Crippen LogP contribution in [0, 0.1) is 0 Å². The van der Waals surface area contributed by atoms with Crippen LogP contribution in [0.2, 0.25) is 5.15 Å². The molecule has 1 fully saturated rings.